The van der Waals surface area contributed by atoms with Gasteiger partial charge in [0, 0.05) is 18.0 Å². The number of anilines is 1. The van der Waals surface area contributed by atoms with E-state index >= 15 is 0 Å². The largest absolute Gasteiger partial charge is 0.416 e. The average molecular weight is 467 g/mol. The van der Waals surface area contributed by atoms with Crippen molar-refractivity contribution in [2.45, 2.75) is 36.3 Å². The minimum absolute atomic E-state index is 0.0194. The van der Waals surface area contributed by atoms with Crippen molar-refractivity contribution in [1.29, 1.82) is 0 Å². The first-order valence-corrected chi connectivity index (χ1v) is 11.6. The molecule has 5 nitrogen and oxygen atoms in total. The van der Waals surface area contributed by atoms with Gasteiger partial charge in [0.25, 0.3) is 0 Å². The van der Waals surface area contributed by atoms with Gasteiger partial charge >= 0.3 is 6.18 Å². The van der Waals surface area contributed by atoms with Crippen molar-refractivity contribution < 1.29 is 18.0 Å². The summed E-state index contributed by atoms with van der Waals surface area (Å²) in [5.41, 5.74) is 0.535. The summed E-state index contributed by atoms with van der Waals surface area (Å²) in [6.07, 6.45) is -4.46. The summed E-state index contributed by atoms with van der Waals surface area (Å²) in [6, 6.07) is 14.7. The number of benzene rings is 2. The van der Waals surface area contributed by atoms with Crippen LogP contribution in [0.5, 0.6) is 0 Å². The van der Waals surface area contributed by atoms with Crippen LogP contribution in [0.25, 0.3) is 0 Å². The number of hydrogen-bond acceptors (Lipinski definition) is 5. The summed E-state index contributed by atoms with van der Waals surface area (Å²) in [5, 5.41) is 11.5. The summed E-state index contributed by atoms with van der Waals surface area (Å²) in [6.45, 7) is 2.63. The van der Waals surface area contributed by atoms with Crippen molar-refractivity contribution >= 4 is 35.1 Å². The van der Waals surface area contributed by atoms with Gasteiger partial charge in [-0.1, -0.05) is 48.2 Å². The van der Waals surface area contributed by atoms with Crippen LogP contribution in [-0.2, 0) is 29.0 Å². The van der Waals surface area contributed by atoms with E-state index in [0.29, 0.717) is 17.5 Å². The lowest BCUT2D eigenvalue weighted by Crippen LogP contribution is -2.15. The lowest BCUT2D eigenvalue weighted by Gasteiger charge is -2.10. The summed E-state index contributed by atoms with van der Waals surface area (Å²) < 4.78 is 40.4. The highest BCUT2D eigenvalue weighted by molar-refractivity contribution is 7.99. The van der Waals surface area contributed by atoms with E-state index in [-0.39, 0.29) is 11.4 Å². The number of amides is 1. The van der Waals surface area contributed by atoms with Crippen LogP contribution in [0.4, 0.5) is 18.9 Å². The molecule has 0 bridgehead atoms. The molecule has 31 heavy (non-hydrogen) atoms. The molecule has 1 heterocycles. The second-order valence-electron chi connectivity index (χ2n) is 6.54. The van der Waals surface area contributed by atoms with Crippen molar-refractivity contribution in [3.8, 4) is 0 Å². The molecule has 3 aromatic rings. The Kier molecular flexibility index (Phi) is 8.03. The second kappa shape index (κ2) is 10.7. The molecule has 0 atom stereocenters. The molecule has 164 valence electrons. The van der Waals surface area contributed by atoms with Gasteiger partial charge in [0.05, 0.1) is 17.1 Å². The average Bonchev–Trinajstić information content (AvgIpc) is 3.14. The van der Waals surface area contributed by atoms with Gasteiger partial charge < -0.3 is 9.88 Å². The molecule has 0 aliphatic heterocycles. The standard InChI is InChI=1S/C21H21F3N4OS2/c1-2-28-18(13-30-12-15-7-4-3-5-8-15)26-27-20(28)31-14-19(29)25-17-10-6-9-16(11-17)21(22,23)24/h3-11H,2,12-14H2,1H3,(H,25,29). The fraction of sp³-hybridized carbons (Fsp3) is 0.286. The highest BCUT2D eigenvalue weighted by Gasteiger charge is 2.30. The maximum atomic E-state index is 12.8. The fourth-order valence-corrected chi connectivity index (χ4v) is 4.53. The van der Waals surface area contributed by atoms with Gasteiger partial charge in [0.2, 0.25) is 5.91 Å². The molecule has 1 N–H and O–H groups in total. The Morgan fingerprint density at radius 2 is 1.84 bits per heavy atom. The highest BCUT2D eigenvalue weighted by Crippen LogP contribution is 2.30. The first-order chi connectivity index (χ1) is 14.9. The van der Waals surface area contributed by atoms with Gasteiger partial charge in [-0.2, -0.15) is 13.2 Å². The lowest BCUT2D eigenvalue weighted by atomic mass is 10.2. The fourth-order valence-electron chi connectivity index (χ4n) is 2.79. The molecule has 0 saturated carbocycles. The zero-order valence-corrected chi connectivity index (χ0v) is 18.4. The third-order valence-electron chi connectivity index (χ3n) is 4.26. The van der Waals surface area contributed by atoms with Crippen molar-refractivity contribution in [3.63, 3.8) is 0 Å². The van der Waals surface area contributed by atoms with Gasteiger partial charge in [-0.05, 0) is 30.7 Å². The zero-order chi connectivity index (χ0) is 22.3. The predicted octanol–water partition coefficient (Wildman–Crippen LogP) is 5.48. The van der Waals surface area contributed by atoms with Crippen LogP contribution >= 0.6 is 23.5 Å². The monoisotopic (exact) mass is 466 g/mol. The van der Waals surface area contributed by atoms with Crippen LogP contribution in [0.15, 0.2) is 59.8 Å². The van der Waals surface area contributed by atoms with Gasteiger partial charge in [0.1, 0.15) is 5.82 Å². The van der Waals surface area contributed by atoms with Gasteiger partial charge in [-0.3, -0.25) is 4.79 Å². The van der Waals surface area contributed by atoms with Crippen LogP contribution < -0.4 is 5.32 Å². The van der Waals surface area contributed by atoms with Gasteiger partial charge in [-0.25, -0.2) is 0 Å². The topological polar surface area (TPSA) is 59.8 Å². The van der Waals surface area contributed by atoms with E-state index < -0.39 is 17.6 Å². The summed E-state index contributed by atoms with van der Waals surface area (Å²) >= 11 is 2.93. The van der Waals surface area contributed by atoms with E-state index in [2.05, 4.69) is 27.6 Å². The number of hydrogen-bond donors (Lipinski definition) is 1. The van der Waals surface area contributed by atoms with E-state index in [1.807, 2.05) is 29.7 Å². The Balaban J connectivity index is 1.53. The third-order valence-corrected chi connectivity index (χ3v) is 6.22. The number of halogens is 3. The Labute approximate surface area is 186 Å². The Morgan fingerprint density at radius 1 is 1.06 bits per heavy atom. The summed E-state index contributed by atoms with van der Waals surface area (Å²) in [5.74, 6) is 1.98. The number of nitrogens with zero attached hydrogens (tertiary/aromatic N) is 3. The number of carbonyl (C=O) groups excluding carboxylic acids is 1. The van der Waals surface area contributed by atoms with E-state index in [4.69, 9.17) is 0 Å². The van der Waals surface area contributed by atoms with Crippen molar-refractivity contribution in [1.82, 2.24) is 14.8 Å². The molecule has 0 radical (unpaired) electrons. The molecule has 10 heteroatoms. The minimum Gasteiger partial charge on any atom is -0.325 e. The predicted molar refractivity (Wildman–Crippen MR) is 118 cm³/mol. The van der Waals surface area contributed by atoms with Crippen LogP contribution in [-0.4, -0.2) is 26.4 Å². The second-order valence-corrected chi connectivity index (χ2v) is 8.46. The number of nitrogens with one attached hydrogen (secondary N) is 1. The van der Waals surface area contributed by atoms with E-state index in [1.54, 1.807) is 11.8 Å². The first kappa shape index (κ1) is 23.2. The van der Waals surface area contributed by atoms with Crippen molar-refractivity contribution in [2.75, 3.05) is 11.1 Å². The molecule has 0 aliphatic rings. The van der Waals surface area contributed by atoms with Gasteiger partial charge in [0.15, 0.2) is 5.16 Å². The molecular formula is C21H21F3N4OS2. The van der Waals surface area contributed by atoms with Crippen LogP contribution in [0, 0.1) is 0 Å². The normalized spacial score (nSPS) is 11.5. The van der Waals surface area contributed by atoms with E-state index in [9.17, 15) is 18.0 Å². The lowest BCUT2D eigenvalue weighted by molar-refractivity contribution is -0.137. The summed E-state index contributed by atoms with van der Waals surface area (Å²) in [4.78, 5) is 12.2. The Hall–Kier alpha value is -2.46. The molecule has 2 aromatic carbocycles. The molecule has 0 spiro atoms. The van der Waals surface area contributed by atoms with E-state index in [1.165, 1.54) is 29.5 Å². The maximum Gasteiger partial charge on any atom is 0.416 e. The van der Waals surface area contributed by atoms with Crippen LogP contribution in [0.2, 0.25) is 0 Å². The van der Waals surface area contributed by atoms with Crippen LogP contribution in [0.3, 0.4) is 0 Å². The van der Waals surface area contributed by atoms with E-state index in [0.717, 1.165) is 23.7 Å². The molecule has 3 rings (SSSR count). The molecular weight excluding hydrogens is 445 g/mol. The molecule has 0 saturated heterocycles. The number of rotatable bonds is 9. The minimum atomic E-state index is -4.46. The SMILES string of the molecule is CCn1c(CSCc2ccccc2)nnc1SCC(=O)Nc1cccc(C(F)(F)F)c1. The molecule has 0 fully saturated rings. The Morgan fingerprint density at radius 3 is 2.55 bits per heavy atom. The number of carbonyl (C=O) groups is 1. The maximum absolute atomic E-state index is 12.8. The molecule has 1 aromatic heterocycles. The third kappa shape index (κ3) is 6.76. The number of thioether (sulfide) groups is 2. The number of alkyl halides is 3. The van der Waals surface area contributed by atoms with Crippen LogP contribution in [0.1, 0.15) is 23.9 Å². The zero-order valence-electron chi connectivity index (χ0n) is 16.7. The van der Waals surface area contributed by atoms with Gasteiger partial charge in [-0.15, -0.1) is 22.0 Å². The molecule has 0 aliphatic carbocycles. The molecule has 0 unspecified atom stereocenters. The quantitative estimate of drug-likeness (QED) is 0.423. The highest BCUT2D eigenvalue weighted by atomic mass is 32.2. The molecule has 1 amide bonds. The van der Waals surface area contributed by atoms with Crippen molar-refractivity contribution in [3.05, 3.63) is 71.5 Å². The first-order valence-electron chi connectivity index (χ1n) is 9.50. The van der Waals surface area contributed by atoms with Crippen molar-refractivity contribution in [2.24, 2.45) is 0 Å². The smallest absolute Gasteiger partial charge is 0.325 e. The summed E-state index contributed by atoms with van der Waals surface area (Å²) in [7, 11) is 0. The number of aromatic nitrogens is 3. The Bertz CT molecular complexity index is 1010.